The van der Waals surface area contributed by atoms with E-state index in [2.05, 4.69) is 17.5 Å². The van der Waals surface area contributed by atoms with Gasteiger partial charge in [-0.15, -0.1) is 23.1 Å². The molecule has 3 rings (SSSR count). The number of carbonyl (C=O) groups is 1. The summed E-state index contributed by atoms with van der Waals surface area (Å²) < 4.78 is 1.29. The highest BCUT2D eigenvalue weighted by molar-refractivity contribution is 7.98. The van der Waals surface area contributed by atoms with Crippen molar-refractivity contribution in [2.75, 3.05) is 0 Å². The first-order chi connectivity index (χ1) is 9.74. The first-order valence-corrected chi connectivity index (χ1v) is 8.02. The van der Waals surface area contributed by atoms with Gasteiger partial charge < -0.3 is 5.11 Å². The number of carboxylic acids is 1. The van der Waals surface area contributed by atoms with Crippen LogP contribution in [0.1, 0.15) is 15.9 Å². The molecule has 4 heteroatoms. The molecule has 0 radical (unpaired) electrons. The Kier molecular flexibility index (Phi) is 3.76. The minimum absolute atomic E-state index is 0.338. The molecule has 0 fully saturated rings. The molecule has 0 saturated heterocycles. The van der Waals surface area contributed by atoms with Gasteiger partial charge in [0.15, 0.2) is 0 Å². The van der Waals surface area contributed by atoms with Crippen LogP contribution in [0.2, 0.25) is 0 Å². The van der Waals surface area contributed by atoms with E-state index in [4.69, 9.17) is 5.11 Å². The van der Waals surface area contributed by atoms with Gasteiger partial charge in [-0.1, -0.05) is 24.3 Å². The summed E-state index contributed by atoms with van der Waals surface area (Å²) in [6.45, 7) is 0. The third kappa shape index (κ3) is 2.71. The molecule has 0 saturated carbocycles. The second-order valence-electron chi connectivity index (χ2n) is 4.38. The largest absolute Gasteiger partial charge is 0.478 e. The molecule has 1 heterocycles. The van der Waals surface area contributed by atoms with Gasteiger partial charge in [-0.05, 0) is 40.6 Å². The van der Waals surface area contributed by atoms with E-state index in [1.54, 1.807) is 41.3 Å². The minimum atomic E-state index is -0.881. The molecule has 0 aliphatic rings. The third-order valence-corrected chi connectivity index (χ3v) is 5.09. The molecule has 0 unspecified atom stereocenters. The Bertz CT molecular complexity index is 762. The smallest absolute Gasteiger partial charge is 0.335 e. The third-order valence-electron chi connectivity index (χ3n) is 3.04. The van der Waals surface area contributed by atoms with Crippen LogP contribution in [0.4, 0.5) is 0 Å². The second kappa shape index (κ2) is 5.69. The van der Waals surface area contributed by atoms with Crippen LogP contribution in [0.3, 0.4) is 0 Å². The molecule has 0 aliphatic heterocycles. The van der Waals surface area contributed by atoms with Crippen LogP contribution in [-0.4, -0.2) is 11.1 Å². The van der Waals surface area contributed by atoms with Gasteiger partial charge in [0.25, 0.3) is 0 Å². The van der Waals surface area contributed by atoms with E-state index in [1.165, 1.54) is 15.6 Å². The molecule has 0 spiro atoms. The zero-order valence-electron chi connectivity index (χ0n) is 10.6. The molecular formula is C16H12O2S2. The standard InChI is InChI=1S/C16H12O2S2/c17-16(18)11-4-3-5-13(8-11)19-9-12-10-20-15-7-2-1-6-14(12)15/h1-8,10H,9H2,(H,17,18). The Labute approximate surface area is 125 Å². The molecule has 3 aromatic rings. The summed E-state index contributed by atoms with van der Waals surface area (Å²) in [4.78, 5) is 11.9. The van der Waals surface area contributed by atoms with Gasteiger partial charge in [0.1, 0.15) is 0 Å². The number of hydrogen-bond donors (Lipinski definition) is 1. The highest BCUT2D eigenvalue weighted by Gasteiger charge is 2.06. The fraction of sp³-hybridized carbons (Fsp3) is 0.0625. The van der Waals surface area contributed by atoms with E-state index < -0.39 is 5.97 Å². The molecule has 100 valence electrons. The van der Waals surface area contributed by atoms with Gasteiger partial charge >= 0.3 is 5.97 Å². The second-order valence-corrected chi connectivity index (χ2v) is 6.34. The van der Waals surface area contributed by atoms with Crippen molar-refractivity contribution in [2.45, 2.75) is 10.6 Å². The SMILES string of the molecule is O=C(O)c1cccc(SCc2csc3ccccc23)c1. The van der Waals surface area contributed by atoms with Gasteiger partial charge in [-0.3, -0.25) is 0 Å². The van der Waals surface area contributed by atoms with Crippen LogP contribution in [0, 0.1) is 0 Å². The van der Waals surface area contributed by atoms with E-state index in [9.17, 15) is 4.79 Å². The summed E-state index contributed by atoms with van der Waals surface area (Å²) >= 11 is 3.42. The quantitative estimate of drug-likeness (QED) is 0.697. The maximum absolute atomic E-state index is 11.0. The number of rotatable bonds is 4. The van der Waals surface area contributed by atoms with Crippen molar-refractivity contribution >= 4 is 39.2 Å². The predicted molar refractivity (Wildman–Crippen MR) is 84.8 cm³/mol. The summed E-state index contributed by atoms with van der Waals surface area (Å²) in [6, 6.07) is 15.4. The van der Waals surface area contributed by atoms with Gasteiger partial charge in [-0.2, -0.15) is 0 Å². The van der Waals surface area contributed by atoms with E-state index in [1.807, 2.05) is 18.2 Å². The molecule has 2 aromatic carbocycles. The van der Waals surface area contributed by atoms with Crippen molar-refractivity contribution in [3.63, 3.8) is 0 Å². The summed E-state index contributed by atoms with van der Waals surface area (Å²) in [5.74, 6) is -0.0268. The molecule has 0 bridgehead atoms. The fourth-order valence-corrected chi connectivity index (χ4v) is 4.04. The normalized spacial score (nSPS) is 10.8. The molecule has 0 atom stereocenters. The number of thioether (sulfide) groups is 1. The molecule has 2 nitrogen and oxygen atoms in total. The summed E-state index contributed by atoms with van der Waals surface area (Å²) in [5.41, 5.74) is 1.64. The van der Waals surface area contributed by atoms with Crippen LogP contribution in [0.5, 0.6) is 0 Å². The van der Waals surface area contributed by atoms with Gasteiger partial charge in [-0.25, -0.2) is 4.79 Å². The summed E-state index contributed by atoms with van der Waals surface area (Å²) in [7, 11) is 0. The lowest BCUT2D eigenvalue weighted by Crippen LogP contribution is -1.95. The van der Waals surface area contributed by atoms with Gasteiger partial charge in [0.05, 0.1) is 5.56 Å². The number of thiophene rings is 1. The number of carboxylic acid groups (broad SMARTS) is 1. The molecule has 0 amide bonds. The van der Waals surface area contributed by atoms with Crippen LogP contribution < -0.4 is 0 Å². The fourth-order valence-electron chi connectivity index (χ4n) is 2.02. The first-order valence-electron chi connectivity index (χ1n) is 6.15. The zero-order valence-corrected chi connectivity index (χ0v) is 12.2. The predicted octanol–water partition coefficient (Wildman–Crippen LogP) is 4.89. The van der Waals surface area contributed by atoms with Crippen molar-refractivity contribution in [3.05, 3.63) is 65.0 Å². The van der Waals surface area contributed by atoms with Gasteiger partial charge in [0.2, 0.25) is 0 Å². The Morgan fingerprint density at radius 1 is 1.15 bits per heavy atom. The number of aromatic carboxylic acids is 1. The Hall–Kier alpha value is -1.78. The van der Waals surface area contributed by atoms with E-state index in [0.29, 0.717) is 5.56 Å². The molecule has 20 heavy (non-hydrogen) atoms. The van der Waals surface area contributed by atoms with E-state index >= 15 is 0 Å². The monoisotopic (exact) mass is 300 g/mol. The summed E-state index contributed by atoms with van der Waals surface area (Å²) in [6.07, 6.45) is 0. The van der Waals surface area contributed by atoms with Crippen LogP contribution >= 0.6 is 23.1 Å². The number of hydrogen-bond acceptors (Lipinski definition) is 3. The molecule has 1 N–H and O–H groups in total. The van der Waals surface area contributed by atoms with Crippen molar-refractivity contribution in [2.24, 2.45) is 0 Å². The van der Waals surface area contributed by atoms with Crippen molar-refractivity contribution in [3.8, 4) is 0 Å². The van der Waals surface area contributed by atoms with Crippen LogP contribution in [0.25, 0.3) is 10.1 Å². The van der Waals surface area contributed by atoms with Crippen molar-refractivity contribution < 1.29 is 9.90 Å². The average molecular weight is 300 g/mol. The average Bonchev–Trinajstić information content (AvgIpc) is 2.89. The van der Waals surface area contributed by atoms with Crippen LogP contribution in [-0.2, 0) is 5.75 Å². The Morgan fingerprint density at radius 2 is 2.00 bits per heavy atom. The van der Waals surface area contributed by atoms with Gasteiger partial charge in [0, 0.05) is 15.3 Å². The number of benzene rings is 2. The van der Waals surface area contributed by atoms with E-state index in [-0.39, 0.29) is 0 Å². The number of fused-ring (bicyclic) bond motifs is 1. The lowest BCUT2D eigenvalue weighted by atomic mass is 10.2. The maximum Gasteiger partial charge on any atom is 0.335 e. The van der Waals surface area contributed by atoms with E-state index in [0.717, 1.165) is 10.6 Å². The lowest BCUT2D eigenvalue weighted by molar-refractivity contribution is 0.0696. The zero-order chi connectivity index (χ0) is 13.9. The molecular weight excluding hydrogens is 288 g/mol. The maximum atomic E-state index is 11.0. The molecule has 0 aliphatic carbocycles. The Balaban J connectivity index is 1.79. The van der Waals surface area contributed by atoms with Crippen LogP contribution in [0.15, 0.2) is 58.8 Å². The van der Waals surface area contributed by atoms with Crippen molar-refractivity contribution in [1.82, 2.24) is 0 Å². The topological polar surface area (TPSA) is 37.3 Å². The summed E-state index contributed by atoms with van der Waals surface area (Å²) in [5, 5.41) is 12.5. The minimum Gasteiger partial charge on any atom is -0.478 e. The Morgan fingerprint density at radius 3 is 2.85 bits per heavy atom. The van der Waals surface area contributed by atoms with Crippen molar-refractivity contribution in [1.29, 1.82) is 0 Å². The highest BCUT2D eigenvalue weighted by Crippen LogP contribution is 2.31. The first kappa shape index (κ1) is 13.2. The molecule has 1 aromatic heterocycles. The lowest BCUT2D eigenvalue weighted by Gasteiger charge is -2.02. The highest BCUT2D eigenvalue weighted by atomic mass is 32.2.